The molecule has 0 bridgehead atoms. The van der Waals surface area contributed by atoms with E-state index in [1.54, 1.807) is 0 Å². The van der Waals surface area contributed by atoms with Crippen molar-refractivity contribution in [2.75, 3.05) is 18.0 Å². The summed E-state index contributed by atoms with van der Waals surface area (Å²) in [6, 6.07) is 15.9. The molecule has 0 fully saturated rings. The van der Waals surface area contributed by atoms with Crippen LogP contribution in [0.25, 0.3) is 0 Å². The molecule has 0 saturated carbocycles. The lowest BCUT2D eigenvalue weighted by molar-refractivity contribution is 0.0456. The van der Waals surface area contributed by atoms with Crippen molar-refractivity contribution in [2.45, 2.75) is 20.0 Å². The van der Waals surface area contributed by atoms with Gasteiger partial charge in [-0.25, -0.2) is 4.79 Å². The molecule has 2 aromatic carbocycles. The van der Waals surface area contributed by atoms with E-state index in [4.69, 9.17) is 4.74 Å². The van der Waals surface area contributed by atoms with Crippen molar-refractivity contribution in [3.05, 3.63) is 65.2 Å². The van der Waals surface area contributed by atoms with Crippen LogP contribution in [0.4, 0.5) is 5.69 Å². The molecule has 108 valence electrons. The fraction of sp³-hybridized carbons (Fsp3) is 0.278. The minimum atomic E-state index is -0.278. The summed E-state index contributed by atoms with van der Waals surface area (Å²) >= 11 is 0. The quantitative estimate of drug-likeness (QED) is 0.798. The van der Waals surface area contributed by atoms with E-state index in [9.17, 15) is 4.79 Å². The lowest BCUT2D eigenvalue weighted by atomic mass is 9.98. The lowest BCUT2D eigenvalue weighted by Gasteiger charge is -2.21. The van der Waals surface area contributed by atoms with Gasteiger partial charge in [0, 0.05) is 24.3 Å². The molecule has 3 nitrogen and oxygen atoms in total. The highest BCUT2D eigenvalue weighted by Crippen LogP contribution is 2.37. The maximum absolute atomic E-state index is 12.2. The summed E-state index contributed by atoms with van der Waals surface area (Å²) in [6.07, 6.45) is -0.278. The van der Waals surface area contributed by atoms with Gasteiger partial charge in [-0.3, -0.25) is 0 Å². The molecule has 1 aliphatic heterocycles. The predicted molar refractivity (Wildman–Crippen MR) is 83.7 cm³/mol. The van der Waals surface area contributed by atoms with Crippen LogP contribution < -0.4 is 4.90 Å². The second kappa shape index (κ2) is 5.60. The van der Waals surface area contributed by atoms with Crippen molar-refractivity contribution < 1.29 is 9.53 Å². The zero-order valence-corrected chi connectivity index (χ0v) is 12.4. The molecule has 0 aromatic heterocycles. The van der Waals surface area contributed by atoms with Gasteiger partial charge in [0.15, 0.2) is 6.10 Å². The van der Waals surface area contributed by atoms with E-state index in [0.29, 0.717) is 5.56 Å². The molecule has 1 aliphatic rings. The summed E-state index contributed by atoms with van der Waals surface area (Å²) in [5, 5.41) is 0. The Balaban J connectivity index is 2.00. The minimum Gasteiger partial charge on any atom is -0.449 e. The molecule has 1 atom stereocenters. The predicted octanol–water partition coefficient (Wildman–Crippen LogP) is 3.79. The summed E-state index contributed by atoms with van der Waals surface area (Å²) in [7, 11) is 0. The summed E-state index contributed by atoms with van der Waals surface area (Å²) in [6.45, 7) is 6.07. The van der Waals surface area contributed by atoms with Crippen molar-refractivity contribution in [1.82, 2.24) is 0 Å². The molecule has 0 radical (unpaired) electrons. The van der Waals surface area contributed by atoms with Gasteiger partial charge in [0.25, 0.3) is 0 Å². The Hall–Kier alpha value is -2.29. The third-order valence-electron chi connectivity index (χ3n) is 4.00. The molecular formula is C18H19NO2. The number of carbonyl (C=O) groups is 1. The van der Waals surface area contributed by atoms with E-state index in [-0.39, 0.29) is 12.1 Å². The van der Waals surface area contributed by atoms with Crippen molar-refractivity contribution in [3.8, 4) is 0 Å². The number of carbonyl (C=O) groups excluding carboxylic acids is 1. The average molecular weight is 281 g/mol. The van der Waals surface area contributed by atoms with Crippen LogP contribution in [-0.4, -0.2) is 19.1 Å². The van der Waals surface area contributed by atoms with Crippen LogP contribution in [0.5, 0.6) is 0 Å². The van der Waals surface area contributed by atoms with Gasteiger partial charge in [-0.1, -0.05) is 36.4 Å². The minimum absolute atomic E-state index is 0.229. The fourth-order valence-corrected chi connectivity index (χ4v) is 2.84. The number of benzene rings is 2. The van der Waals surface area contributed by atoms with Crippen LogP contribution >= 0.6 is 0 Å². The van der Waals surface area contributed by atoms with E-state index in [2.05, 4.69) is 24.8 Å². The van der Waals surface area contributed by atoms with Crippen molar-refractivity contribution in [3.63, 3.8) is 0 Å². The number of rotatable bonds is 4. The molecule has 21 heavy (non-hydrogen) atoms. The first-order valence-corrected chi connectivity index (χ1v) is 7.39. The Morgan fingerprint density at radius 2 is 1.76 bits per heavy atom. The molecule has 0 N–H and O–H groups in total. The first-order chi connectivity index (χ1) is 10.2. The summed E-state index contributed by atoms with van der Waals surface area (Å²) < 4.78 is 5.56. The molecular weight excluding hydrogens is 262 g/mol. The zero-order chi connectivity index (χ0) is 14.8. The number of ether oxygens (including phenoxy) is 1. The van der Waals surface area contributed by atoms with Crippen LogP contribution in [0, 0.1) is 0 Å². The van der Waals surface area contributed by atoms with Crippen LogP contribution in [0.2, 0.25) is 0 Å². The van der Waals surface area contributed by atoms with Gasteiger partial charge in [-0.2, -0.15) is 0 Å². The maximum atomic E-state index is 12.2. The number of nitrogens with zero attached hydrogens (tertiary/aromatic N) is 1. The molecule has 0 aliphatic carbocycles. The number of cyclic esters (lactones) is 1. The van der Waals surface area contributed by atoms with Gasteiger partial charge in [0.05, 0.1) is 5.56 Å². The van der Waals surface area contributed by atoms with Gasteiger partial charge in [-0.15, -0.1) is 0 Å². The fourth-order valence-electron chi connectivity index (χ4n) is 2.84. The maximum Gasteiger partial charge on any atom is 0.339 e. The molecule has 1 heterocycles. The van der Waals surface area contributed by atoms with Gasteiger partial charge >= 0.3 is 5.97 Å². The van der Waals surface area contributed by atoms with Crippen LogP contribution in [0.15, 0.2) is 48.5 Å². The standard InChI is InChI=1S/C18H19NO2/c1-3-19(4-2)14-10-11-15-16(12-14)18(20)21-17(15)13-8-6-5-7-9-13/h5-12,17H,3-4H2,1-2H3. The Bertz CT molecular complexity index is 648. The molecule has 2 aromatic rings. The Morgan fingerprint density at radius 3 is 2.43 bits per heavy atom. The normalized spacial score (nSPS) is 16.5. The number of hydrogen-bond acceptors (Lipinski definition) is 3. The van der Waals surface area contributed by atoms with Crippen molar-refractivity contribution >= 4 is 11.7 Å². The van der Waals surface area contributed by atoms with E-state index >= 15 is 0 Å². The molecule has 3 heteroatoms. The Kier molecular flexibility index (Phi) is 3.65. The third kappa shape index (κ3) is 2.40. The van der Waals surface area contributed by atoms with E-state index in [0.717, 1.165) is 29.9 Å². The molecule has 3 rings (SSSR count). The molecule has 0 saturated heterocycles. The first-order valence-electron chi connectivity index (χ1n) is 7.39. The molecule has 0 amide bonds. The smallest absolute Gasteiger partial charge is 0.339 e. The van der Waals surface area contributed by atoms with Crippen molar-refractivity contribution in [1.29, 1.82) is 0 Å². The summed E-state index contributed by atoms with van der Waals surface area (Å²) in [5.41, 5.74) is 3.74. The second-order valence-electron chi connectivity index (χ2n) is 5.14. The highest BCUT2D eigenvalue weighted by molar-refractivity contribution is 5.95. The Labute approximate surface area is 125 Å². The van der Waals surface area contributed by atoms with Crippen LogP contribution in [-0.2, 0) is 4.74 Å². The lowest BCUT2D eigenvalue weighted by Crippen LogP contribution is -2.22. The van der Waals surface area contributed by atoms with E-state index in [1.807, 2.05) is 42.5 Å². The SMILES string of the molecule is CCN(CC)c1ccc2c(c1)C(=O)OC2c1ccccc1. The molecule has 1 unspecified atom stereocenters. The van der Waals surface area contributed by atoms with Gasteiger partial charge < -0.3 is 9.64 Å². The summed E-state index contributed by atoms with van der Waals surface area (Å²) in [5.74, 6) is -0.229. The number of fused-ring (bicyclic) bond motifs is 1. The van der Waals surface area contributed by atoms with E-state index in [1.165, 1.54) is 0 Å². The highest BCUT2D eigenvalue weighted by atomic mass is 16.5. The first kappa shape index (κ1) is 13.7. The van der Waals surface area contributed by atoms with Crippen molar-refractivity contribution in [2.24, 2.45) is 0 Å². The second-order valence-corrected chi connectivity index (χ2v) is 5.14. The van der Waals surface area contributed by atoms with Gasteiger partial charge in [0.2, 0.25) is 0 Å². The number of hydrogen-bond donors (Lipinski definition) is 0. The van der Waals surface area contributed by atoms with Crippen LogP contribution in [0.1, 0.15) is 41.4 Å². The van der Waals surface area contributed by atoms with Crippen LogP contribution in [0.3, 0.4) is 0 Å². The monoisotopic (exact) mass is 281 g/mol. The number of esters is 1. The largest absolute Gasteiger partial charge is 0.449 e. The third-order valence-corrected chi connectivity index (χ3v) is 4.00. The number of anilines is 1. The topological polar surface area (TPSA) is 29.5 Å². The Morgan fingerprint density at radius 1 is 1.05 bits per heavy atom. The summed E-state index contributed by atoms with van der Waals surface area (Å²) in [4.78, 5) is 14.4. The molecule has 0 spiro atoms. The van der Waals surface area contributed by atoms with Gasteiger partial charge in [0.1, 0.15) is 0 Å². The van der Waals surface area contributed by atoms with E-state index < -0.39 is 0 Å². The zero-order valence-electron chi connectivity index (χ0n) is 12.4. The highest BCUT2D eigenvalue weighted by Gasteiger charge is 2.32. The average Bonchev–Trinajstić information content (AvgIpc) is 2.86. The van der Waals surface area contributed by atoms with Gasteiger partial charge in [-0.05, 0) is 31.5 Å².